The lowest BCUT2D eigenvalue weighted by atomic mass is 10.2. The number of sulfone groups is 1. The summed E-state index contributed by atoms with van der Waals surface area (Å²) in [6.07, 6.45) is 1.24. The van der Waals surface area contributed by atoms with Crippen molar-refractivity contribution in [3.8, 4) is 11.5 Å². The van der Waals surface area contributed by atoms with Crippen LogP contribution in [0.3, 0.4) is 0 Å². The Kier molecular flexibility index (Phi) is 5.38. The Hall–Kier alpha value is -2.01. The SMILES string of the molecule is CS(=O)(=O)Cc1ccccc1.Oc1ccc(O)cc1. The Bertz CT molecular complexity index is 568. The molecule has 0 amide bonds. The molecule has 0 fully saturated rings. The van der Waals surface area contributed by atoms with Crippen molar-refractivity contribution in [2.24, 2.45) is 0 Å². The van der Waals surface area contributed by atoms with Gasteiger partial charge >= 0.3 is 0 Å². The number of phenolic OH excluding ortho intramolecular Hbond substituents is 2. The highest BCUT2D eigenvalue weighted by molar-refractivity contribution is 7.89. The van der Waals surface area contributed by atoms with Crippen molar-refractivity contribution in [3.05, 3.63) is 60.2 Å². The van der Waals surface area contributed by atoms with Gasteiger partial charge in [-0.1, -0.05) is 30.3 Å². The summed E-state index contributed by atoms with van der Waals surface area (Å²) in [6, 6.07) is 14.9. The van der Waals surface area contributed by atoms with E-state index >= 15 is 0 Å². The van der Waals surface area contributed by atoms with Gasteiger partial charge in [0.15, 0.2) is 9.84 Å². The van der Waals surface area contributed by atoms with Gasteiger partial charge in [0, 0.05) is 6.26 Å². The molecule has 0 aliphatic carbocycles. The molecule has 0 aromatic heterocycles. The van der Waals surface area contributed by atoms with Gasteiger partial charge in [0.1, 0.15) is 11.5 Å². The van der Waals surface area contributed by atoms with Gasteiger partial charge in [-0.3, -0.25) is 0 Å². The molecule has 102 valence electrons. The van der Waals surface area contributed by atoms with E-state index in [-0.39, 0.29) is 17.3 Å². The second-order valence-corrected chi connectivity index (χ2v) is 6.21. The van der Waals surface area contributed by atoms with Crippen LogP contribution in [-0.2, 0) is 15.6 Å². The predicted octanol–water partition coefficient (Wildman–Crippen LogP) is 2.33. The van der Waals surface area contributed by atoms with Crippen LogP contribution in [0.4, 0.5) is 0 Å². The quantitative estimate of drug-likeness (QED) is 0.828. The van der Waals surface area contributed by atoms with Crippen LogP contribution in [0, 0.1) is 0 Å². The summed E-state index contributed by atoms with van der Waals surface area (Å²) in [5.74, 6) is 0.471. The topological polar surface area (TPSA) is 74.6 Å². The van der Waals surface area contributed by atoms with E-state index in [9.17, 15) is 8.42 Å². The average molecular weight is 280 g/mol. The lowest BCUT2D eigenvalue weighted by Gasteiger charge is -1.96. The van der Waals surface area contributed by atoms with Crippen LogP contribution in [0.25, 0.3) is 0 Å². The van der Waals surface area contributed by atoms with Crippen LogP contribution in [0.5, 0.6) is 11.5 Å². The summed E-state index contributed by atoms with van der Waals surface area (Å²) in [4.78, 5) is 0. The molecule has 5 heteroatoms. The maximum atomic E-state index is 10.8. The second-order valence-electron chi connectivity index (χ2n) is 4.07. The van der Waals surface area contributed by atoms with E-state index in [1.807, 2.05) is 18.2 Å². The van der Waals surface area contributed by atoms with Crippen LogP contribution in [0.2, 0.25) is 0 Å². The van der Waals surface area contributed by atoms with Gasteiger partial charge in [-0.2, -0.15) is 0 Å². The van der Waals surface area contributed by atoms with E-state index in [1.54, 1.807) is 12.1 Å². The van der Waals surface area contributed by atoms with Crippen LogP contribution >= 0.6 is 0 Å². The molecule has 0 unspecified atom stereocenters. The first kappa shape index (κ1) is 15.0. The van der Waals surface area contributed by atoms with Gasteiger partial charge < -0.3 is 10.2 Å². The molecular weight excluding hydrogens is 264 g/mol. The van der Waals surface area contributed by atoms with E-state index < -0.39 is 9.84 Å². The molecule has 0 saturated heterocycles. The number of rotatable bonds is 2. The molecule has 0 atom stereocenters. The van der Waals surface area contributed by atoms with Crippen molar-refractivity contribution >= 4 is 9.84 Å². The smallest absolute Gasteiger partial charge is 0.151 e. The Morgan fingerprint density at radius 2 is 1.26 bits per heavy atom. The lowest BCUT2D eigenvalue weighted by Crippen LogP contribution is -1.99. The zero-order valence-corrected chi connectivity index (χ0v) is 11.3. The molecule has 0 radical (unpaired) electrons. The van der Waals surface area contributed by atoms with Crippen molar-refractivity contribution in [1.29, 1.82) is 0 Å². The minimum Gasteiger partial charge on any atom is -0.508 e. The fraction of sp³-hybridized carbons (Fsp3) is 0.143. The first-order valence-electron chi connectivity index (χ1n) is 5.56. The zero-order chi connectivity index (χ0) is 14.3. The third-order valence-corrected chi connectivity index (χ3v) is 2.98. The first-order chi connectivity index (χ1) is 8.87. The van der Waals surface area contributed by atoms with E-state index in [2.05, 4.69) is 0 Å². The zero-order valence-electron chi connectivity index (χ0n) is 10.5. The standard InChI is InChI=1S/C8H10O2S.C6H6O2/c1-11(9,10)7-8-5-3-2-4-6-8;7-5-1-2-6(8)4-3-5/h2-6H,7H2,1H3;1-4,7-8H. The summed E-state index contributed by atoms with van der Waals surface area (Å²) in [5.41, 5.74) is 0.843. The van der Waals surface area contributed by atoms with Gasteiger partial charge in [-0.05, 0) is 29.8 Å². The van der Waals surface area contributed by atoms with Gasteiger partial charge in [-0.15, -0.1) is 0 Å². The fourth-order valence-electron chi connectivity index (χ4n) is 1.33. The van der Waals surface area contributed by atoms with Gasteiger partial charge in [0.2, 0.25) is 0 Å². The third-order valence-electron chi connectivity index (χ3n) is 2.12. The first-order valence-corrected chi connectivity index (χ1v) is 7.62. The Morgan fingerprint density at radius 3 is 1.63 bits per heavy atom. The summed E-state index contributed by atoms with van der Waals surface area (Å²) >= 11 is 0. The molecule has 0 aliphatic rings. The number of hydrogen-bond acceptors (Lipinski definition) is 4. The largest absolute Gasteiger partial charge is 0.508 e. The summed E-state index contributed by atoms with van der Waals surface area (Å²) in [6.45, 7) is 0. The molecule has 2 aromatic carbocycles. The third kappa shape index (κ3) is 7.10. The molecule has 0 saturated carbocycles. The van der Waals surface area contributed by atoms with E-state index in [0.717, 1.165) is 5.56 Å². The highest BCUT2D eigenvalue weighted by Crippen LogP contribution is 2.13. The molecule has 2 N–H and O–H groups in total. The number of phenols is 2. The van der Waals surface area contributed by atoms with Gasteiger partial charge in [0.25, 0.3) is 0 Å². The van der Waals surface area contributed by atoms with Crippen molar-refractivity contribution in [1.82, 2.24) is 0 Å². The lowest BCUT2D eigenvalue weighted by molar-refractivity contribution is 0.460. The number of benzene rings is 2. The van der Waals surface area contributed by atoms with Crippen molar-refractivity contribution in [2.75, 3.05) is 6.26 Å². The second kappa shape index (κ2) is 6.80. The monoisotopic (exact) mass is 280 g/mol. The van der Waals surface area contributed by atoms with Gasteiger partial charge in [-0.25, -0.2) is 8.42 Å². The highest BCUT2D eigenvalue weighted by atomic mass is 32.2. The van der Waals surface area contributed by atoms with E-state index in [4.69, 9.17) is 10.2 Å². The molecule has 2 aromatic rings. The average Bonchev–Trinajstić information content (AvgIpc) is 2.33. The van der Waals surface area contributed by atoms with Crippen molar-refractivity contribution < 1.29 is 18.6 Å². The van der Waals surface area contributed by atoms with E-state index in [1.165, 1.54) is 30.5 Å². The molecule has 0 spiro atoms. The molecule has 19 heavy (non-hydrogen) atoms. The minimum atomic E-state index is -2.88. The van der Waals surface area contributed by atoms with Crippen LogP contribution in [0.15, 0.2) is 54.6 Å². The normalized spacial score (nSPS) is 10.4. The molecule has 0 bridgehead atoms. The highest BCUT2D eigenvalue weighted by Gasteiger charge is 2.01. The van der Waals surface area contributed by atoms with Crippen LogP contribution < -0.4 is 0 Å². The molecular formula is C14H16O4S. The predicted molar refractivity (Wildman–Crippen MR) is 74.8 cm³/mol. The molecule has 2 rings (SSSR count). The Labute approximate surface area is 112 Å². The van der Waals surface area contributed by atoms with Gasteiger partial charge in [0.05, 0.1) is 5.75 Å². The van der Waals surface area contributed by atoms with Crippen molar-refractivity contribution in [2.45, 2.75) is 5.75 Å². The number of aromatic hydroxyl groups is 2. The summed E-state index contributed by atoms with van der Waals surface area (Å²) < 4.78 is 21.6. The maximum Gasteiger partial charge on any atom is 0.151 e. The van der Waals surface area contributed by atoms with Crippen molar-refractivity contribution in [3.63, 3.8) is 0 Å². The summed E-state index contributed by atoms with van der Waals surface area (Å²) in [5, 5.41) is 17.3. The fourth-order valence-corrected chi connectivity index (χ4v) is 2.13. The van der Waals surface area contributed by atoms with E-state index in [0.29, 0.717) is 0 Å². The Balaban J connectivity index is 0.000000200. The minimum absolute atomic E-state index is 0.133. The summed E-state index contributed by atoms with van der Waals surface area (Å²) in [7, 11) is -2.88. The van der Waals surface area contributed by atoms with Crippen LogP contribution in [-0.4, -0.2) is 24.9 Å². The maximum absolute atomic E-state index is 10.8. The number of hydrogen-bond donors (Lipinski definition) is 2. The Morgan fingerprint density at radius 1 is 0.842 bits per heavy atom. The van der Waals surface area contributed by atoms with Crippen LogP contribution in [0.1, 0.15) is 5.56 Å². The molecule has 0 aliphatic heterocycles. The molecule has 4 nitrogen and oxygen atoms in total. The molecule has 0 heterocycles.